The average molecular weight is 192 g/mol. The van der Waals surface area contributed by atoms with Gasteiger partial charge in [-0.05, 0) is 18.9 Å². The van der Waals surface area contributed by atoms with E-state index in [0.29, 0.717) is 0 Å². The number of nitrogens with zero attached hydrogens (tertiary/aromatic N) is 1. The van der Waals surface area contributed by atoms with Gasteiger partial charge in [-0.2, -0.15) is 0 Å². The summed E-state index contributed by atoms with van der Waals surface area (Å²) in [6.45, 7) is 2.26. The lowest BCUT2D eigenvalue weighted by Crippen LogP contribution is -2.26. The van der Waals surface area contributed by atoms with E-state index in [-0.39, 0.29) is 0 Å². The number of hydrogen-bond donors (Lipinski definition) is 0. The van der Waals surface area contributed by atoms with Gasteiger partial charge in [0.05, 0.1) is 0 Å². The van der Waals surface area contributed by atoms with Gasteiger partial charge in [0, 0.05) is 11.6 Å². The van der Waals surface area contributed by atoms with E-state index in [0.717, 1.165) is 0 Å². The van der Waals surface area contributed by atoms with E-state index in [1.54, 1.807) is 0 Å². The predicted octanol–water partition coefficient (Wildman–Crippen LogP) is 3.02. The van der Waals surface area contributed by atoms with Crippen LogP contribution in [0.5, 0.6) is 0 Å². The van der Waals surface area contributed by atoms with Gasteiger partial charge < -0.3 is 0 Å². The molecule has 0 N–H and O–H groups in total. The molecule has 1 aromatic rings. The fraction of sp³-hybridized carbons (Fsp3) is 0.615. The highest BCUT2D eigenvalue weighted by molar-refractivity contribution is 5.05. The molecule has 14 heavy (non-hydrogen) atoms. The first-order chi connectivity index (χ1) is 6.83. The minimum atomic E-state index is 1.23. The molecule has 0 aromatic carbocycles. The number of hydrogen-bond acceptors (Lipinski definition) is 0. The van der Waals surface area contributed by atoms with Crippen LogP contribution >= 0.6 is 0 Å². The van der Waals surface area contributed by atoms with Crippen molar-refractivity contribution in [1.29, 1.82) is 0 Å². The maximum absolute atomic E-state index is 2.26. The molecule has 1 heterocycles. The molecule has 0 radical (unpaired) electrons. The molecule has 0 aliphatic carbocycles. The molecular formula is C13H22N+. The first kappa shape index (κ1) is 11.2. The van der Waals surface area contributed by atoms with E-state index >= 15 is 0 Å². The lowest BCUT2D eigenvalue weighted by atomic mass is 10.1. The van der Waals surface area contributed by atoms with Crippen molar-refractivity contribution < 1.29 is 4.57 Å². The standard InChI is InChI=1S/C13H22N/c1-3-4-5-6-7-9-13-10-8-11-14(2)12-13/h8,10-12H,3-7,9H2,1-2H3/q+1. The molecule has 1 rings (SSSR count). The van der Waals surface area contributed by atoms with E-state index in [2.05, 4.69) is 43.1 Å². The minimum Gasteiger partial charge on any atom is -0.208 e. The lowest BCUT2D eigenvalue weighted by Gasteiger charge is -1.99. The summed E-state index contributed by atoms with van der Waals surface area (Å²) in [5.74, 6) is 0. The summed E-state index contributed by atoms with van der Waals surface area (Å²) >= 11 is 0. The van der Waals surface area contributed by atoms with Gasteiger partial charge in [-0.3, -0.25) is 0 Å². The second-order valence-corrected chi connectivity index (χ2v) is 4.04. The maximum Gasteiger partial charge on any atom is 0.171 e. The highest BCUT2D eigenvalue weighted by Gasteiger charge is 1.97. The summed E-state index contributed by atoms with van der Waals surface area (Å²) in [5.41, 5.74) is 1.46. The van der Waals surface area contributed by atoms with Crippen LogP contribution in [0.15, 0.2) is 24.5 Å². The summed E-state index contributed by atoms with van der Waals surface area (Å²) in [7, 11) is 2.08. The van der Waals surface area contributed by atoms with Crippen LogP contribution in [0, 0.1) is 0 Å². The minimum absolute atomic E-state index is 1.23. The Hall–Kier alpha value is -0.850. The van der Waals surface area contributed by atoms with E-state index < -0.39 is 0 Å². The Balaban J connectivity index is 2.18. The monoisotopic (exact) mass is 192 g/mol. The van der Waals surface area contributed by atoms with Gasteiger partial charge in [-0.15, -0.1) is 0 Å². The zero-order valence-electron chi connectivity index (χ0n) is 9.50. The van der Waals surface area contributed by atoms with Crippen molar-refractivity contribution in [2.24, 2.45) is 7.05 Å². The summed E-state index contributed by atoms with van der Waals surface area (Å²) in [5, 5.41) is 0. The van der Waals surface area contributed by atoms with Crippen LogP contribution in [0.1, 0.15) is 44.6 Å². The van der Waals surface area contributed by atoms with Gasteiger partial charge in [0.15, 0.2) is 12.4 Å². The Morgan fingerprint density at radius 1 is 1.14 bits per heavy atom. The van der Waals surface area contributed by atoms with Crippen molar-refractivity contribution in [2.45, 2.75) is 45.4 Å². The fourth-order valence-corrected chi connectivity index (χ4v) is 1.73. The molecule has 78 valence electrons. The molecule has 0 aliphatic heterocycles. The van der Waals surface area contributed by atoms with Gasteiger partial charge in [-0.25, -0.2) is 4.57 Å². The van der Waals surface area contributed by atoms with Gasteiger partial charge in [0.2, 0.25) is 0 Å². The van der Waals surface area contributed by atoms with Crippen LogP contribution in [0.2, 0.25) is 0 Å². The molecule has 0 unspecified atom stereocenters. The number of aromatic nitrogens is 1. The van der Waals surface area contributed by atoms with E-state index in [9.17, 15) is 0 Å². The summed E-state index contributed by atoms with van der Waals surface area (Å²) in [4.78, 5) is 0. The molecule has 0 fully saturated rings. The number of aryl methyl sites for hydroxylation is 2. The highest BCUT2D eigenvalue weighted by atomic mass is 14.9. The molecule has 0 saturated heterocycles. The van der Waals surface area contributed by atoms with Crippen LogP contribution < -0.4 is 4.57 Å². The van der Waals surface area contributed by atoms with Gasteiger partial charge >= 0.3 is 0 Å². The number of pyridine rings is 1. The van der Waals surface area contributed by atoms with E-state index in [4.69, 9.17) is 0 Å². The average Bonchev–Trinajstić information content (AvgIpc) is 2.18. The molecule has 1 heteroatoms. The molecule has 0 spiro atoms. The molecule has 1 aromatic heterocycles. The summed E-state index contributed by atoms with van der Waals surface area (Å²) < 4.78 is 2.13. The van der Waals surface area contributed by atoms with Crippen LogP contribution in [0.3, 0.4) is 0 Å². The summed E-state index contributed by atoms with van der Waals surface area (Å²) in [6.07, 6.45) is 12.4. The number of unbranched alkanes of at least 4 members (excludes halogenated alkanes) is 4. The second-order valence-electron chi connectivity index (χ2n) is 4.04. The number of rotatable bonds is 6. The first-order valence-electron chi connectivity index (χ1n) is 5.77. The Kier molecular flexibility index (Phi) is 5.28. The van der Waals surface area contributed by atoms with Crippen molar-refractivity contribution in [2.75, 3.05) is 0 Å². The molecular weight excluding hydrogens is 170 g/mol. The Morgan fingerprint density at radius 2 is 1.93 bits per heavy atom. The normalized spacial score (nSPS) is 10.4. The van der Waals surface area contributed by atoms with Gasteiger partial charge in [0.1, 0.15) is 7.05 Å². The second kappa shape index (κ2) is 6.58. The van der Waals surface area contributed by atoms with Crippen LogP contribution in [0.25, 0.3) is 0 Å². The Labute approximate surface area is 87.8 Å². The van der Waals surface area contributed by atoms with Crippen molar-refractivity contribution >= 4 is 0 Å². The lowest BCUT2D eigenvalue weighted by molar-refractivity contribution is -0.671. The van der Waals surface area contributed by atoms with Crippen molar-refractivity contribution in [3.8, 4) is 0 Å². The highest BCUT2D eigenvalue weighted by Crippen LogP contribution is 2.06. The van der Waals surface area contributed by atoms with Crippen molar-refractivity contribution in [3.05, 3.63) is 30.1 Å². The third-order valence-electron chi connectivity index (χ3n) is 2.57. The van der Waals surface area contributed by atoms with E-state index in [1.165, 1.54) is 44.1 Å². The maximum atomic E-state index is 2.26. The van der Waals surface area contributed by atoms with Crippen molar-refractivity contribution in [3.63, 3.8) is 0 Å². The quantitative estimate of drug-likeness (QED) is 0.482. The SMILES string of the molecule is CCCCCCCc1ccc[n+](C)c1. The first-order valence-corrected chi connectivity index (χ1v) is 5.77. The molecule has 0 bridgehead atoms. The van der Waals surface area contributed by atoms with Crippen molar-refractivity contribution in [1.82, 2.24) is 0 Å². The van der Waals surface area contributed by atoms with E-state index in [1.807, 2.05) is 0 Å². The molecule has 0 aliphatic rings. The summed E-state index contributed by atoms with van der Waals surface area (Å²) in [6, 6.07) is 4.35. The molecule has 0 atom stereocenters. The fourth-order valence-electron chi connectivity index (χ4n) is 1.73. The Morgan fingerprint density at radius 3 is 2.64 bits per heavy atom. The molecule has 0 saturated carbocycles. The third kappa shape index (κ3) is 4.40. The smallest absolute Gasteiger partial charge is 0.171 e. The molecule has 0 amide bonds. The third-order valence-corrected chi connectivity index (χ3v) is 2.57. The van der Waals surface area contributed by atoms with Crippen LogP contribution in [-0.2, 0) is 13.5 Å². The largest absolute Gasteiger partial charge is 0.208 e. The van der Waals surface area contributed by atoms with Crippen LogP contribution in [-0.4, -0.2) is 0 Å². The molecule has 1 nitrogen and oxygen atoms in total. The Bertz CT molecular complexity index is 255. The van der Waals surface area contributed by atoms with Gasteiger partial charge in [0.25, 0.3) is 0 Å². The van der Waals surface area contributed by atoms with Crippen LogP contribution in [0.4, 0.5) is 0 Å². The van der Waals surface area contributed by atoms with Gasteiger partial charge in [-0.1, -0.05) is 32.6 Å². The topological polar surface area (TPSA) is 3.88 Å². The predicted molar refractivity (Wildman–Crippen MR) is 60.1 cm³/mol. The zero-order chi connectivity index (χ0) is 10.2. The zero-order valence-corrected chi connectivity index (χ0v) is 9.50.